The minimum Gasteiger partial charge on any atom is -0.368 e. The SMILES string of the molecule is CN(C)c1ccnc(N(C)C2CCN(c3cccc(F)c3C#N)C2)n1. The first-order valence-corrected chi connectivity index (χ1v) is 8.18. The smallest absolute Gasteiger partial charge is 0.227 e. The van der Waals surface area contributed by atoms with Crippen molar-refractivity contribution in [2.75, 3.05) is 48.9 Å². The summed E-state index contributed by atoms with van der Waals surface area (Å²) < 4.78 is 13.9. The number of nitriles is 1. The van der Waals surface area contributed by atoms with Crippen molar-refractivity contribution in [3.8, 4) is 6.07 Å². The molecule has 1 fully saturated rings. The third-order valence-electron chi connectivity index (χ3n) is 4.56. The predicted octanol–water partition coefficient (Wildman–Crippen LogP) is 2.27. The van der Waals surface area contributed by atoms with Gasteiger partial charge in [-0.2, -0.15) is 10.2 Å². The van der Waals surface area contributed by atoms with E-state index in [9.17, 15) is 9.65 Å². The molecule has 0 amide bonds. The number of likely N-dealkylation sites (N-methyl/N-ethyl adjacent to an activating group) is 1. The summed E-state index contributed by atoms with van der Waals surface area (Å²) in [7, 11) is 5.85. The van der Waals surface area contributed by atoms with Gasteiger partial charge in [-0.1, -0.05) is 6.07 Å². The fourth-order valence-electron chi connectivity index (χ4n) is 3.09. The largest absolute Gasteiger partial charge is 0.368 e. The average Bonchev–Trinajstić information content (AvgIpc) is 3.10. The first-order valence-electron chi connectivity index (χ1n) is 8.18. The van der Waals surface area contributed by atoms with Gasteiger partial charge in [-0.05, 0) is 24.6 Å². The highest BCUT2D eigenvalue weighted by molar-refractivity contribution is 5.61. The standard InChI is InChI=1S/C18H21FN6/c1-23(2)17-7-9-21-18(22-17)24(3)13-8-10-25(12-13)16-6-4-5-15(19)14(16)11-20/h4-7,9,13H,8,10,12H2,1-3H3. The molecule has 1 aromatic heterocycles. The Hall–Kier alpha value is -2.88. The van der Waals surface area contributed by atoms with Crippen molar-refractivity contribution in [3.63, 3.8) is 0 Å². The number of anilines is 3. The van der Waals surface area contributed by atoms with Gasteiger partial charge in [0, 0.05) is 40.4 Å². The molecule has 0 N–H and O–H groups in total. The van der Waals surface area contributed by atoms with Crippen LogP contribution in [0.15, 0.2) is 30.5 Å². The van der Waals surface area contributed by atoms with Crippen LogP contribution in [-0.4, -0.2) is 50.2 Å². The second-order valence-electron chi connectivity index (χ2n) is 6.35. The summed E-state index contributed by atoms with van der Waals surface area (Å²) in [5, 5.41) is 9.24. The van der Waals surface area contributed by atoms with E-state index in [1.54, 1.807) is 18.3 Å². The number of hydrogen-bond acceptors (Lipinski definition) is 6. The molecule has 1 saturated heterocycles. The van der Waals surface area contributed by atoms with Gasteiger partial charge in [-0.3, -0.25) is 0 Å². The highest BCUT2D eigenvalue weighted by Crippen LogP contribution is 2.28. The molecule has 7 heteroatoms. The molecule has 1 unspecified atom stereocenters. The first-order chi connectivity index (χ1) is 12.0. The van der Waals surface area contributed by atoms with Crippen LogP contribution in [0.5, 0.6) is 0 Å². The molecule has 2 heterocycles. The quantitative estimate of drug-likeness (QED) is 0.851. The van der Waals surface area contributed by atoms with Crippen molar-refractivity contribution >= 4 is 17.5 Å². The minimum atomic E-state index is -0.473. The Kier molecular flexibility index (Phi) is 4.70. The molecule has 0 bridgehead atoms. The van der Waals surface area contributed by atoms with Gasteiger partial charge >= 0.3 is 0 Å². The van der Waals surface area contributed by atoms with Crippen LogP contribution in [0.4, 0.5) is 21.8 Å². The van der Waals surface area contributed by atoms with Crippen LogP contribution < -0.4 is 14.7 Å². The Labute approximate surface area is 147 Å². The molecule has 25 heavy (non-hydrogen) atoms. The lowest BCUT2D eigenvalue weighted by molar-refractivity contribution is 0.623. The molecule has 0 saturated carbocycles. The van der Waals surface area contributed by atoms with Gasteiger partial charge in [-0.25, -0.2) is 9.37 Å². The zero-order valence-electron chi connectivity index (χ0n) is 14.6. The summed E-state index contributed by atoms with van der Waals surface area (Å²) in [6.07, 6.45) is 2.65. The highest BCUT2D eigenvalue weighted by Gasteiger charge is 2.29. The Bertz CT molecular complexity index is 800. The normalized spacial score (nSPS) is 16.6. The van der Waals surface area contributed by atoms with E-state index in [4.69, 9.17) is 0 Å². The van der Waals surface area contributed by atoms with Crippen molar-refractivity contribution in [3.05, 3.63) is 41.8 Å². The summed E-state index contributed by atoms with van der Waals surface area (Å²) in [4.78, 5) is 15.0. The van der Waals surface area contributed by atoms with Crippen LogP contribution in [0, 0.1) is 17.1 Å². The summed E-state index contributed by atoms with van der Waals surface area (Å²) in [5.41, 5.74) is 0.762. The number of halogens is 1. The number of hydrogen-bond donors (Lipinski definition) is 0. The summed E-state index contributed by atoms with van der Waals surface area (Å²) in [6.45, 7) is 1.46. The van der Waals surface area contributed by atoms with Crippen molar-refractivity contribution in [2.24, 2.45) is 0 Å². The van der Waals surface area contributed by atoms with Crippen molar-refractivity contribution < 1.29 is 4.39 Å². The van der Waals surface area contributed by atoms with E-state index in [2.05, 4.69) is 19.8 Å². The number of rotatable bonds is 4. The maximum absolute atomic E-state index is 13.9. The second-order valence-corrected chi connectivity index (χ2v) is 6.35. The Morgan fingerprint density at radius 3 is 2.80 bits per heavy atom. The second kappa shape index (κ2) is 6.93. The first kappa shape index (κ1) is 17.0. The lowest BCUT2D eigenvalue weighted by atomic mass is 10.1. The molecular weight excluding hydrogens is 319 g/mol. The van der Waals surface area contributed by atoms with Crippen LogP contribution in [0.2, 0.25) is 0 Å². The van der Waals surface area contributed by atoms with Crippen LogP contribution in [-0.2, 0) is 0 Å². The molecule has 3 rings (SSSR count). The summed E-state index contributed by atoms with van der Waals surface area (Å²) >= 11 is 0. The molecular formula is C18H21FN6. The number of nitrogens with zero attached hydrogens (tertiary/aromatic N) is 6. The zero-order chi connectivity index (χ0) is 18.0. The summed E-state index contributed by atoms with van der Waals surface area (Å²) in [5.74, 6) is 1.04. The van der Waals surface area contributed by atoms with Gasteiger partial charge in [0.25, 0.3) is 0 Å². The van der Waals surface area contributed by atoms with Crippen molar-refractivity contribution in [1.82, 2.24) is 9.97 Å². The van der Waals surface area contributed by atoms with E-state index >= 15 is 0 Å². The van der Waals surface area contributed by atoms with Gasteiger partial charge < -0.3 is 14.7 Å². The molecule has 0 spiro atoms. The molecule has 1 aromatic carbocycles. The molecule has 1 aliphatic rings. The monoisotopic (exact) mass is 340 g/mol. The number of benzene rings is 1. The molecule has 0 radical (unpaired) electrons. The van der Waals surface area contributed by atoms with Crippen molar-refractivity contribution in [1.29, 1.82) is 5.26 Å². The van der Waals surface area contributed by atoms with E-state index in [-0.39, 0.29) is 11.6 Å². The van der Waals surface area contributed by atoms with Crippen LogP contribution in [0.25, 0.3) is 0 Å². The van der Waals surface area contributed by atoms with E-state index in [0.717, 1.165) is 18.8 Å². The van der Waals surface area contributed by atoms with Gasteiger partial charge in [0.1, 0.15) is 23.3 Å². The lowest BCUT2D eigenvalue weighted by Crippen LogP contribution is -2.36. The molecule has 6 nitrogen and oxygen atoms in total. The third-order valence-corrected chi connectivity index (χ3v) is 4.56. The third kappa shape index (κ3) is 3.33. The lowest BCUT2D eigenvalue weighted by Gasteiger charge is -2.26. The van der Waals surface area contributed by atoms with Gasteiger partial charge in [0.2, 0.25) is 5.95 Å². The van der Waals surface area contributed by atoms with Crippen LogP contribution in [0.1, 0.15) is 12.0 Å². The highest BCUT2D eigenvalue weighted by atomic mass is 19.1. The van der Waals surface area contributed by atoms with Gasteiger partial charge in [-0.15, -0.1) is 0 Å². The van der Waals surface area contributed by atoms with E-state index in [1.165, 1.54) is 6.07 Å². The van der Waals surface area contributed by atoms with E-state index < -0.39 is 5.82 Å². The maximum atomic E-state index is 13.9. The molecule has 2 aromatic rings. The predicted molar refractivity (Wildman–Crippen MR) is 96.5 cm³/mol. The topological polar surface area (TPSA) is 59.3 Å². The molecule has 1 aliphatic heterocycles. The fraction of sp³-hybridized carbons (Fsp3) is 0.389. The Morgan fingerprint density at radius 1 is 1.28 bits per heavy atom. The maximum Gasteiger partial charge on any atom is 0.227 e. The zero-order valence-corrected chi connectivity index (χ0v) is 14.6. The van der Waals surface area contributed by atoms with E-state index in [1.807, 2.05) is 38.2 Å². The van der Waals surface area contributed by atoms with Crippen molar-refractivity contribution in [2.45, 2.75) is 12.5 Å². The molecule has 0 aliphatic carbocycles. The fourth-order valence-corrected chi connectivity index (χ4v) is 3.09. The van der Waals surface area contributed by atoms with Gasteiger partial charge in [0.15, 0.2) is 0 Å². The van der Waals surface area contributed by atoms with Crippen LogP contribution >= 0.6 is 0 Å². The molecule has 130 valence electrons. The minimum absolute atomic E-state index is 0.108. The van der Waals surface area contributed by atoms with E-state index in [0.29, 0.717) is 18.2 Å². The Morgan fingerprint density at radius 2 is 2.08 bits per heavy atom. The van der Waals surface area contributed by atoms with Gasteiger partial charge in [0.05, 0.1) is 11.7 Å². The number of aromatic nitrogens is 2. The molecule has 1 atom stereocenters. The summed E-state index contributed by atoms with van der Waals surface area (Å²) in [6, 6.07) is 8.81. The van der Waals surface area contributed by atoms with Crippen LogP contribution in [0.3, 0.4) is 0 Å². The average molecular weight is 340 g/mol. The Balaban J connectivity index is 1.78.